The smallest absolute Gasteiger partial charge is 0.350 e. The SMILES string of the molecule is CC(C)(N)CNC(=O)c1ccccc1C(F)(F)F. The number of rotatable bonds is 3. The third-order valence-corrected chi connectivity index (χ3v) is 2.18. The molecule has 0 aliphatic heterocycles. The minimum Gasteiger partial charge on any atom is -0.350 e. The van der Waals surface area contributed by atoms with E-state index in [4.69, 9.17) is 5.73 Å². The average molecular weight is 260 g/mol. The van der Waals surface area contributed by atoms with Gasteiger partial charge in [-0.05, 0) is 26.0 Å². The van der Waals surface area contributed by atoms with Gasteiger partial charge in [0.05, 0.1) is 11.1 Å². The number of halogens is 3. The fourth-order valence-corrected chi connectivity index (χ4v) is 1.33. The third-order valence-electron chi connectivity index (χ3n) is 2.18. The highest BCUT2D eigenvalue weighted by atomic mass is 19.4. The van der Waals surface area contributed by atoms with E-state index in [0.29, 0.717) is 0 Å². The summed E-state index contributed by atoms with van der Waals surface area (Å²) in [4.78, 5) is 11.7. The van der Waals surface area contributed by atoms with Crippen LogP contribution >= 0.6 is 0 Å². The number of hydrogen-bond acceptors (Lipinski definition) is 2. The van der Waals surface area contributed by atoms with E-state index in [1.807, 2.05) is 0 Å². The molecular formula is C12H15F3N2O. The zero-order valence-corrected chi connectivity index (χ0v) is 10.1. The summed E-state index contributed by atoms with van der Waals surface area (Å²) in [6.45, 7) is 3.43. The van der Waals surface area contributed by atoms with Crippen molar-refractivity contribution in [3.63, 3.8) is 0 Å². The normalized spacial score (nSPS) is 12.3. The van der Waals surface area contributed by atoms with Crippen molar-refractivity contribution in [2.24, 2.45) is 5.73 Å². The van der Waals surface area contributed by atoms with Crippen LogP contribution < -0.4 is 11.1 Å². The zero-order valence-electron chi connectivity index (χ0n) is 10.1. The lowest BCUT2D eigenvalue weighted by molar-refractivity contribution is -0.137. The highest BCUT2D eigenvalue weighted by Crippen LogP contribution is 2.31. The number of amides is 1. The Balaban J connectivity index is 2.93. The standard InChI is InChI=1S/C12H15F3N2O/c1-11(2,16)7-17-10(18)8-5-3-4-6-9(8)12(13,14)15/h3-6H,7,16H2,1-2H3,(H,17,18). The highest BCUT2D eigenvalue weighted by Gasteiger charge is 2.34. The molecule has 100 valence electrons. The Kier molecular flexibility index (Phi) is 4.01. The fraction of sp³-hybridized carbons (Fsp3) is 0.417. The predicted octanol–water partition coefficient (Wildman–Crippen LogP) is 2.17. The second kappa shape index (κ2) is 4.97. The summed E-state index contributed by atoms with van der Waals surface area (Å²) in [6.07, 6.45) is -4.55. The number of nitrogens with one attached hydrogen (secondary N) is 1. The fourth-order valence-electron chi connectivity index (χ4n) is 1.33. The molecule has 1 rings (SSSR count). The van der Waals surface area contributed by atoms with Gasteiger partial charge in [0.15, 0.2) is 0 Å². The average Bonchev–Trinajstić information content (AvgIpc) is 2.24. The van der Waals surface area contributed by atoms with E-state index in [2.05, 4.69) is 5.32 Å². The molecule has 0 heterocycles. The molecule has 0 radical (unpaired) electrons. The van der Waals surface area contributed by atoms with Crippen LogP contribution in [0.5, 0.6) is 0 Å². The maximum absolute atomic E-state index is 12.7. The number of carbonyl (C=O) groups excluding carboxylic acids is 1. The first-order valence-electron chi connectivity index (χ1n) is 5.34. The first-order valence-corrected chi connectivity index (χ1v) is 5.34. The van der Waals surface area contributed by atoms with E-state index >= 15 is 0 Å². The molecule has 0 bridgehead atoms. The van der Waals surface area contributed by atoms with E-state index in [-0.39, 0.29) is 6.54 Å². The van der Waals surface area contributed by atoms with Crippen molar-refractivity contribution in [3.8, 4) is 0 Å². The van der Waals surface area contributed by atoms with Crippen LogP contribution in [0.1, 0.15) is 29.8 Å². The second-order valence-electron chi connectivity index (χ2n) is 4.71. The van der Waals surface area contributed by atoms with Crippen molar-refractivity contribution in [3.05, 3.63) is 35.4 Å². The third kappa shape index (κ3) is 4.03. The van der Waals surface area contributed by atoms with Gasteiger partial charge in [-0.3, -0.25) is 4.79 Å². The van der Waals surface area contributed by atoms with Gasteiger partial charge >= 0.3 is 6.18 Å². The molecule has 0 saturated heterocycles. The van der Waals surface area contributed by atoms with E-state index in [0.717, 1.165) is 12.1 Å². The van der Waals surface area contributed by atoms with Crippen molar-refractivity contribution in [1.29, 1.82) is 0 Å². The van der Waals surface area contributed by atoms with Crippen LogP contribution in [0.15, 0.2) is 24.3 Å². The minimum atomic E-state index is -4.55. The predicted molar refractivity (Wildman–Crippen MR) is 62.0 cm³/mol. The lowest BCUT2D eigenvalue weighted by Gasteiger charge is -2.19. The van der Waals surface area contributed by atoms with Crippen LogP contribution in [0, 0.1) is 0 Å². The van der Waals surface area contributed by atoms with Gasteiger partial charge < -0.3 is 11.1 Å². The molecule has 0 fully saturated rings. The summed E-state index contributed by atoms with van der Waals surface area (Å²) in [5, 5.41) is 2.39. The summed E-state index contributed by atoms with van der Waals surface area (Å²) < 4.78 is 38.0. The summed E-state index contributed by atoms with van der Waals surface area (Å²) in [5.41, 5.74) is 3.63. The summed E-state index contributed by atoms with van der Waals surface area (Å²) in [5.74, 6) is -0.776. The van der Waals surface area contributed by atoms with Crippen molar-refractivity contribution >= 4 is 5.91 Å². The first kappa shape index (κ1) is 14.5. The zero-order chi connectivity index (χ0) is 14.0. The molecule has 18 heavy (non-hydrogen) atoms. The summed E-state index contributed by atoms with van der Waals surface area (Å²) >= 11 is 0. The van der Waals surface area contributed by atoms with Crippen LogP contribution in [-0.4, -0.2) is 18.0 Å². The Morgan fingerprint density at radius 3 is 2.33 bits per heavy atom. The molecule has 1 aromatic rings. The van der Waals surface area contributed by atoms with Crippen LogP contribution in [-0.2, 0) is 6.18 Å². The second-order valence-corrected chi connectivity index (χ2v) is 4.71. The molecule has 3 N–H and O–H groups in total. The maximum atomic E-state index is 12.7. The Labute approximate surface area is 103 Å². The van der Waals surface area contributed by atoms with Crippen molar-refractivity contribution in [2.75, 3.05) is 6.54 Å². The minimum absolute atomic E-state index is 0.0953. The van der Waals surface area contributed by atoms with E-state index in [1.54, 1.807) is 13.8 Å². The van der Waals surface area contributed by atoms with E-state index in [9.17, 15) is 18.0 Å². The number of carbonyl (C=O) groups is 1. The molecule has 1 aromatic carbocycles. The number of alkyl halides is 3. The van der Waals surface area contributed by atoms with Crippen LogP contribution in [0.3, 0.4) is 0 Å². The Hall–Kier alpha value is -1.56. The molecule has 0 atom stereocenters. The van der Waals surface area contributed by atoms with E-state index in [1.165, 1.54) is 12.1 Å². The summed E-state index contributed by atoms with van der Waals surface area (Å²) in [6, 6.07) is 4.65. The number of hydrogen-bond donors (Lipinski definition) is 2. The van der Waals surface area contributed by atoms with Crippen molar-refractivity contribution in [2.45, 2.75) is 25.6 Å². The van der Waals surface area contributed by atoms with Gasteiger partial charge in [0.1, 0.15) is 0 Å². The molecule has 0 aromatic heterocycles. The molecule has 0 unspecified atom stereocenters. The number of nitrogens with two attached hydrogens (primary N) is 1. The van der Waals surface area contributed by atoms with Crippen LogP contribution in [0.4, 0.5) is 13.2 Å². The molecule has 0 spiro atoms. The van der Waals surface area contributed by atoms with Gasteiger partial charge in [-0.25, -0.2) is 0 Å². The molecule has 6 heteroatoms. The first-order chi connectivity index (χ1) is 8.11. The molecule has 0 aliphatic carbocycles. The molecule has 0 aliphatic rings. The molecule has 0 saturated carbocycles. The van der Waals surface area contributed by atoms with Gasteiger partial charge in [0.25, 0.3) is 5.91 Å². The Morgan fingerprint density at radius 2 is 1.83 bits per heavy atom. The van der Waals surface area contributed by atoms with Crippen LogP contribution in [0.25, 0.3) is 0 Å². The van der Waals surface area contributed by atoms with Gasteiger partial charge in [0, 0.05) is 12.1 Å². The van der Waals surface area contributed by atoms with Gasteiger partial charge in [-0.1, -0.05) is 12.1 Å². The molecule has 3 nitrogen and oxygen atoms in total. The number of benzene rings is 1. The van der Waals surface area contributed by atoms with Gasteiger partial charge in [-0.2, -0.15) is 13.2 Å². The topological polar surface area (TPSA) is 55.1 Å². The van der Waals surface area contributed by atoms with Crippen molar-refractivity contribution in [1.82, 2.24) is 5.32 Å². The molecular weight excluding hydrogens is 245 g/mol. The monoisotopic (exact) mass is 260 g/mol. The van der Waals surface area contributed by atoms with Crippen LogP contribution in [0.2, 0.25) is 0 Å². The highest BCUT2D eigenvalue weighted by molar-refractivity contribution is 5.95. The quantitative estimate of drug-likeness (QED) is 0.875. The summed E-state index contributed by atoms with van der Waals surface area (Å²) in [7, 11) is 0. The molecule has 1 amide bonds. The lowest BCUT2D eigenvalue weighted by Crippen LogP contribution is -2.45. The Morgan fingerprint density at radius 1 is 1.28 bits per heavy atom. The largest absolute Gasteiger partial charge is 0.417 e. The van der Waals surface area contributed by atoms with Gasteiger partial charge in [-0.15, -0.1) is 0 Å². The lowest BCUT2D eigenvalue weighted by atomic mass is 10.0. The Bertz CT molecular complexity index is 436. The van der Waals surface area contributed by atoms with E-state index < -0.39 is 28.7 Å². The van der Waals surface area contributed by atoms with Crippen molar-refractivity contribution < 1.29 is 18.0 Å². The maximum Gasteiger partial charge on any atom is 0.417 e. The van der Waals surface area contributed by atoms with Gasteiger partial charge in [0.2, 0.25) is 0 Å².